The fourth-order valence-electron chi connectivity index (χ4n) is 7.09. The number of benzene rings is 7. The third kappa shape index (κ3) is 3.97. The maximum Gasteiger partial charge on any atom is 0.125 e. The molecule has 0 aliphatic rings. The summed E-state index contributed by atoms with van der Waals surface area (Å²) >= 11 is 0. The second kappa shape index (κ2) is 10.5. The lowest BCUT2D eigenvalue weighted by molar-refractivity contribution is 0.628. The first kappa shape index (κ1) is 26.3. The lowest BCUT2D eigenvalue weighted by atomic mass is 10.1. The van der Waals surface area contributed by atoms with Gasteiger partial charge in [0, 0.05) is 38.6 Å². The van der Waals surface area contributed by atoms with Crippen molar-refractivity contribution in [2.45, 2.75) is 0 Å². The van der Waals surface area contributed by atoms with Crippen molar-refractivity contribution in [1.29, 1.82) is 0 Å². The molecule has 0 fully saturated rings. The van der Waals surface area contributed by atoms with Gasteiger partial charge in [-0.05, 0) is 72.8 Å². The smallest absolute Gasteiger partial charge is 0.125 e. The second-order valence-corrected chi connectivity index (χ2v) is 11.5. The number of halogens is 1. The Morgan fingerprint density at radius 3 is 1.70 bits per heavy atom. The average molecular weight is 594 g/mol. The largest absolute Gasteiger partial charge is 0.309 e. The quantitative estimate of drug-likeness (QED) is 0.193. The normalized spacial score (nSPS) is 11.6. The van der Waals surface area contributed by atoms with Gasteiger partial charge in [-0.3, -0.25) is 0 Å². The zero-order valence-corrected chi connectivity index (χ0v) is 24.9. The predicted octanol–water partition coefficient (Wildman–Crippen LogP) is 11.5. The van der Waals surface area contributed by atoms with Crippen LogP contribution in [-0.4, -0.2) is 9.13 Å². The predicted molar refractivity (Wildman–Crippen MR) is 190 cm³/mol. The molecule has 3 nitrogen and oxygen atoms in total. The summed E-state index contributed by atoms with van der Waals surface area (Å²) in [6, 6.07) is 57.8. The molecule has 7 aromatic carbocycles. The van der Waals surface area contributed by atoms with E-state index in [1.54, 1.807) is 12.1 Å². The number of para-hydroxylation sites is 5. The molecule has 0 saturated carbocycles. The van der Waals surface area contributed by atoms with E-state index in [0.717, 1.165) is 66.7 Å². The van der Waals surface area contributed by atoms with Crippen molar-refractivity contribution in [2.24, 2.45) is 0 Å². The Hall–Kier alpha value is -6.13. The lowest BCUT2D eigenvalue weighted by Gasteiger charge is -2.28. The molecule has 2 heterocycles. The van der Waals surface area contributed by atoms with Crippen LogP contribution >= 0.6 is 0 Å². The van der Waals surface area contributed by atoms with Crippen LogP contribution in [0.1, 0.15) is 0 Å². The fourth-order valence-corrected chi connectivity index (χ4v) is 7.09. The van der Waals surface area contributed by atoms with Gasteiger partial charge in [-0.25, -0.2) is 4.39 Å². The van der Waals surface area contributed by atoms with Crippen molar-refractivity contribution in [3.63, 3.8) is 0 Å². The van der Waals surface area contributed by atoms with E-state index in [1.807, 2.05) is 18.2 Å². The van der Waals surface area contributed by atoms with E-state index in [4.69, 9.17) is 0 Å². The molecular formula is C42H28FN3. The van der Waals surface area contributed by atoms with Gasteiger partial charge in [0.15, 0.2) is 0 Å². The van der Waals surface area contributed by atoms with Crippen LogP contribution < -0.4 is 4.90 Å². The summed E-state index contributed by atoms with van der Waals surface area (Å²) in [5.41, 5.74) is 9.24. The molecule has 9 aromatic rings. The van der Waals surface area contributed by atoms with Gasteiger partial charge in [0.25, 0.3) is 0 Å². The van der Waals surface area contributed by atoms with Gasteiger partial charge in [0.05, 0.1) is 33.4 Å². The number of hydrogen-bond donors (Lipinski definition) is 0. The Bertz CT molecular complexity index is 2540. The van der Waals surface area contributed by atoms with Crippen molar-refractivity contribution >= 4 is 60.7 Å². The Morgan fingerprint density at radius 2 is 0.957 bits per heavy atom. The van der Waals surface area contributed by atoms with Gasteiger partial charge in [-0.1, -0.05) is 97.1 Å². The third-order valence-electron chi connectivity index (χ3n) is 8.93. The van der Waals surface area contributed by atoms with Gasteiger partial charge in [-0.15, -0.1) is 0 Å². The van der Waals surface area contributed by atoms with Crippen LogP contribution in [0.5, 0.6) is 0 Å². The maximum absolute atomic E-state index is 15.1. The van der Waals surface area contributed by atoms with Gasteiger partial charge in [0.2, 0.25) is 0 Å². The highest BCUT2D eigenvalue weighted by Gasteiger charge is 2.25. The second-order valence-electron chi connectivity index (χ2n) is 11.5. The van der Waals surface area contributed by atoms with E-state index >= 15 is 4.39 Å². The molecule has 0 amide bonds. The van der Waals surface area contributed by atoms with Crippen molar-refractivity contribution in [2.75, 3.05) is 4.90 Å². The van der Waals surface area contributed by atoms with Crippen LogP contribution in [0.15, 0.2) is 170 Å². The van der Waals surface area contributed by atoms with Crippen molar-refractivity contribution < 1.29 is 4.39 Å². The first-order chi connectivity index (χ1) is 22.8. The minimum Gasteiger partial charge on any atom is -0.309 e. The Morgan fingerprint density at radius 1 is 0.413 bits per heavy atom. The van der Waals surface area contributed by atoms with Crippen LogP contribution in [0.3, 0.4) is 0 Å². The molecule has 46 heavy (non-hydrogen) atoms. The standard InChI is InChI=1S/C42H28FN3/c43-29-14-11-19-32(28-29)45(39-26-13-25-38-41(39)35-21-8-10-24-37(35)44(38)30-15-3-1-4-16-30)40-27-12-22-34-33-20-7-9-23-36(33)46(42(34)40)31-17-5-2-6-18-31/h1-28H. The molecule has 0 aliphatic carbocycles. The Kier molecular flexibility index (Phi) is 6.00. The number of hydrogen-bond acceptors (Lipinski definition) is 1. The van der Waals surface area contributed by atoms with Crippen LogP contribution in [0, 0.1) is 5.82 Å². The van der Waals surface area contributed by atoms with E-state index in [2.05, 4.69) is 147 Å². The first-order valence-corrected chi connectivity index (χ1v) is 15.5. The van der Waals surface area contributed by atoms with Gasteiger partial charge in [-0.2, -0.15) is 0 Å². The maximum atomic E-state index is 15.1. The van der Waals surface area contributed by atoms with Crippen LogP contribution in [-0.2, 0) is 0 Å². The van der Waals surface area contributed by atoms with E-state index in [1.165, 1.54) is 11.5 Å². The van der Waals surface area contributed by atoms with Crippen molar-refractivity contribution in [3.05, 3.63) is 176 Å². The van der Waals surface area contributed by atoms with Crippen molar-refractivity contribution in [1.82, 2.24) is 9.13 Å². The molecule has 218 valence electrons. The van der Waals surface area contributed by atoms with Gasteiger partial charge >= 0.3 is 0 Å². The van der Waals surface area contributed by atoms with E-state index in [0.29, 0.717) is 0 Å². The molecule has 0 spiro atoms. The lowest BCUT2D eigenvalue weighted by Crippen LogP contribution is -2.12. The molecule has 0 atom stereocenters. The Balaban J connectivity index is 1.44. The third-order valence-corrected chi connectivity index (χ3v) is 8.93. The van der Waals surface area contributed by atoms with E-state index < -0.39 is 0 Å². The number of nitrogens with zero attached hydrogens (tertiary/aromatic N) is 3. The summed E-state index contributed by atoms with van der Waals surface area (Å²) in [6.07, 6.45) is 0. The van der Waals surface area contributed by atoms with Crippen LogP contribution in [0.2, 0.25) is 0 Å². The highest BCUT2D eigenvalue weighted by molar-refractivity contribution is 6.19. The summed E-state index contributed by atoms with van der Waals surface area (Å²) < 4.78 is 19.8. The van der Waals surface area contributed by atoms with Crippen LogP contribution in [0.25, 0.3) is 55.0 Å². The molecule has 9 rings (SSSR count). The Labute approximate surface area is 265 Å². The molecule has 0 N–H and O–H groups in total. The van der Waals surface area contributed by atoms with Crippen molar-refractivity contribution in [3.8, 4) is 11.4 Å². The highest BCUT2D eigenvalue weighted by Crippen LogP contribution is 2.47. The SMILES string of the molecule is Fc1cccc(N(c2cccc3c2c2ccccc2n3-c2ccccc2)c2cccc3c4ccccc4n(-c4ccccc4)c23)c1. The van der Waals surface area contributed by atoms with Crippen LogP contribution in [0.4, 0.5) is 21.5 Å². The number of aromatic nitrogens is 2. The summed E-state index contributed by atoms with van der Waals surface area (Å²) in [5.74, 6) is -0.280. The summed E-state index contributed by atoms with van der Waals surface area (Å²) in [5, 5.41) is 4.54. The van der Waals surface area contributed by atoms with E-state index in [-0.39, 0.29) is 5.82 Å². The topological polar surface area (TPSA) is 13.1 Å². The monoisotopic (exact) mass is 593 g/mol. The molecule has 0 radical (unpaired) electrons. The van der Waals surface area contributed by atoms with Gasteiger partial charge < -0.3 is 14.0 Å². The molecule has 4 heteroatoms. The zero-order chi connectivity index (χ0) is 30.6. The summed E-state index contributed by atoms with van der Waals surface area (Å²) in [7, 11) is 0. The highest BCUT2D eigenvalue weighted by atomic mass is 19.1. The number of anilines is 3. The molecule has 2 aromatic heterocycles. The molecule has 0 bridgehead atoms. The molecule has 0 aliphatic heterocycles. The minimum atomic E-state index is -0.280. The summed E-state index contributed by atoms with van der Waals surface area (Å²) in [4.78, 5) is 2.23. The molecular weight excluding hydrogens is 565 g/mol. The minimum absolute atomic E-state index is 0.280. The first-order valence-electron chi connectivity index (χ1n) is 15.5. The fraction of sp³-hybridized carbons (Fsp3) is 0. The number of rotatable bonds is 5. The number of fused-ring (bicyclic) bond motifs is 6. The van der Waals surface area contributed by atoms with E-state index in [9.17, 15) is 0 Å². The van der Waals surface area contributed by atoms with Gasteiger partial charge in [0.1, 0.15) is 5.82 Å². The zero-order valence-electron chi connectivity index (χ0n) is 24.9. The average Bonchev–Trinajstić information content (AvgIpc) is 3.63. The molecule has 0 unspecified atom stereocenters. The summed E-state index contributed by atoms with van der Waals surface area (Å²) in [6.45, 7) is 0. The molecule has 0 saturated heterocycles.